The molecule has 2 N–H and O–H groups in total. The molecule has 0 radical (unpaired) electrons. The molecule has 4 nitrogen and oxygen atoms in total. The van der Waals surface area contributed by atoms with Crippen LogP contribution in [0.4, 0.5) is 0 Å². The van der Waals surface area contributed by atoms with E-state index in [-0.39, 0.29) is 5.60 Å². The Balaban J connectivity index is 1.95. The zero-order valence-electron chi connectivity index (χ0n) is 13.9. The first-order chi connectivity index (χ1) is 9.69. The summed E-state index contributed by atoms with van der Waals surface area (Å²) < 4.78 is 6.06. The summed E-state index contributed by atoms with van der Waals surface area (Å²) >= 11 is 0. The van der Waals surface area contributed by atoms with Crippen LogP contribution in [0, 0.1) is 0 Å². The van der Waals surface area contributed by atoms with Gasteiger partial charge in [-0.2, -0.15) is 0 Å². The van der Waals surface area contributed by atoms with Gasteiger partial charge in [0.1, 0.15) is 11.4 Å². The van der Waals surface area contributed by atoms with E-state index in [0.29, 0.717) is 19.6 Å². The second kappa shape index (κ2) is 5.95. The van der Waals surface area contributed by atoms with Gasteiger partial charge in [0.25, 0.3) is 0 Å². The standard InChI is InChI=1S/C17H28N2O2/c1-16(2)9-13-7-6-8-14(15(13)21-16)10-18-11-17(3,20)12-19(4)5/h6-8,18,20H,9-12H2,1-5H3. The fraction of sp³-hybridized carbons (Fsp3) is 0.647. The zero-order chi connectivity index (χ0) is 15.7. The van der Waals surface area contributed by atoms with Crippen LogP contribution in [-0.2, 0) is 13.0 Å². The van der Waals surface area contributed by atoms with Crippen LogP contribution in [0.1, 0.15) is 31.9 Å². The summed E-state index contributed by atoms with van der Waals surface area (Å²) in [6.07, 6.45) is 0.953. The van der Waals surface area contributed by atoms with Crippen molar-refractivity contribution in [2.24, 2.45) is 0 Å². The smallest absolute Gasteiger partial charge is 0.127 e. The van der Waals surface area contributed by atoms with Crippen LogP contribution in [0.15, 0.2) is 18.2 Å². The Kier molecular flexibility index (Phi) is 4.61. The Morgan fingerprint density at radius 3 is 2.76 bits per heavy atom. The molecule has 0 aliphatic carbocycles. The number of nitrogens with zero attached hydrogens (tertiary/aromatic N) is 1. The number of hydrogen-bond acceptors (Lipinski definition) is 4. The molecule has 0 bridgehead atoms. The number of ether oxygens (including phenoxy) is 1. The minimum absolute atomic E-state index is 0.116. The monoisotopic (exact) mass is 292 g/mol. The lowest BCUT2D eigenvalue weighted by molar-refractivity contribution is 0.0334. The van der Waals surface area contributed by atoms with Crippen molar-refractivity contribution in [3.05, 3.63) is 29.3 Å². The lowest BCUT2D eigenvalue weighted by Crippen LogP contribution is -2.45. The third-order valence-corrected chi connectivity index (χ3v) is 3.65. The van der Waals surface area contributed by atoms with Gasteiger partial charge in [-0.1, -0.05) is 18.2 Å². The quantitative estimate of drug-likeness (QED) is 0.839. The first-order valence-corrected chi connectivity index (χ1v) is 7.56. The SMILES string of the molecule is CN(C)CC(C)(O)CNCc1cccc2c1OC(C)(C)C2. The van der Waals surface area contributed by atoms with E-state index >= 15 is 0 Å². The molecule has 2 rings (SSSR count). The van der Waals surface area contributed by atoms with E-state index in [1.54, 1.807) is 0 Å². The summed E-state index contributed by atoms with van der Waals surface area (Å²) in [6, 6.07) is 6.31. The molecular weight excluding hydrogens is 264 g/mol. The normalized spacial score (nSPS) is 19.2. The van der Waals surface area contributed by atoms with Gasteiger partial charge >= 0.3 is 0 Å². The maximum atomic E-state index is 10.3. The van der Waals surface area contributed by atoms with Gasteiger partial charge < -0.3 is 20.1 Å². The Hall–Kier alpha value is -1.10. The summed E-state index contributed by atoms with van der Waals surface area (Å²) in [5.41, 5.74) is 1.59. The predicted octanol–water partition coefficient (Wildman–Crippen LogP) is 1.80. The number of benzene rings is 1. The molecule has 0 saturated heterocycles. The van der Waals surface area contributed by atoms with Crippen molar-refractivity contribution in [3.63, 3.8) is 0 Å². The van der Waals surface area contributed by atoms with E-state index in [4.69, 9.17) is 4.74 Å². The highest BCUT2D eigenvalue weighted by molar-refractivity contribution is 5.45. The number of hydrogen-bond donors (Lipinski definition) is 2. The average Bonchev–Trinajstić information content (AvgIpc) is 2.62. The Bertz CT molecular complexity index is 496. The van der Waals surface area contributed by atoms with Gasteiger partial charge in [-0.25, -0.2) is 0 Å². The van der Waals surface area contributed by atoms with E-state index < -0.39 is 5.60 Å². The number of aliphatic hydroxyl groups is 1. The summed E-state index contributed by atoms with van der Waals surface area (Å²) in [6.45, 7) is 7.99. The highest BCUT2D eigenvalue weighted by Crippen LogP contribution is 2.37. The van der Waals surface area contributed by atoms with Gasteiger partial charge in [0.15, 0.2) is 0 Å². The Labute approximate surface area is 128 Å². The zero-order valence-corrected chi connectivity index (χ0v) is 13.9. The van der Waals surface area contributed by atoms with Crippen LogP contribution in [0.25, 0.3) is 0 Å². The van der Waals surface area contributed by atoms with Gasteiger partial charge in [0, 0.05) is 31.6 Å². The van der Waals surface area contributed by atoms with Crippen molar-refractivity contribution in [1.29, 1.82) is 0 Å². The van der Waals surface area contributed by atoms with Crippen molar-refractivity contribution in [2.45, 2.75) is 44.9 Å². The molecule has 1 aromatic rings. The summed E-state index contributed by atoms with van der Waals surface area (Å²) in [7, 11) is 3.93. The highest BCUT2D eigenvalue weighted by atomic mass is 16.5. The molecule has 1 aliphatic heterocycles. The molecule has 1 atom stereocenters. The molecule has 0 amide bonds. The van der Waals surface area contributed by atoms with Gasteiger partial charge in [-0.15, -0.1) is 0 Å². The lowest BCUT2D eigenvalue weighted by atomic mass is 10.0. The minimum Gasteiger partial charge on any atom is -0.487 e. The fourth-order valence-electron chi connectivity index (χ4n) is 3.02. The molecule has 1 unspecified atom stereocenters. The van der Waals surface area contributed by atoms with Crippen LogP contribution in [0.5, 0.6) is 5.75 Å². The molecule has 118 valence electrons. The van der Waals surface area contributed by atoms with E-state index in [2.05, 4.69) is 37.4 Å². The molecular formula is C17H28N2O2. The molecule has 4 heteroatoms. The largest absolute Gasteiger partial charge is 0.487 e. The number of rotatable bonds is 6. The van der Waals surface area contributed by atoms with Crippen molar-refractivity contribution in [2.75, 3.05) is 27.2 Å². The summed E-state index contributed by atoms with van der Waals surface area (Å²) in [4.78, 5) is 1.99. The van der Waals surface area contributed by atoms with Gasteiger partial charge in [-0.05, 0) is 40.4 Å². The number of para-hydroxylation sites is 1. The first kappa shape index (κ1) is 16.3. The van der Waals surface area contributed by atoms with Crippen molar-refractivity contribution in [3.8, 4) is 5.75 Å². The minimum atomic E-state index is -0.735. The molecule has 0 spiro atoms. The molecule has 0 fully saturated rings. The van der Waals surface area contributed by atoms with Crippen LogP contribution in [-0.4, -0.2) is 48.4 Å². The molecule has 1 heterocycles. The first-order valence-electron chi connectivity index (χ1n) is 7.56. The van der Waals surface area contributed by atoms with Crippen LogP contribution in [0.3, 0.4) is 0 Å². The van der Waals surface area contributed by atoms with E-state index in [9.17, 15) is 5.11 Å². The van der Waals surface area contributed by atoms with Crippen molar-refractivity contribution >= 4 is 0 Å². The van der Waals surface area contributed by atoms with Gasteiger partial charge in [0.05, 0.1) is 5.60 Å². The van der Waals surface area contributed by atoms with Crippen LogP contribution >= 0.6 is 0 Å². The van der Waals surface area contributed by atoms with Crippen LogP contribution < -0.4 is 10.1 Å². The lowest BCUT2D eigenvalue weighted by Gasteiger charge is -2.27. The topological polar surface area (TPSA) is 44.7 Å². The third kappa shape index (κ3) is 4.43. The fourth-order valence-corrected chi connectivity index (χ4v) is 3.02. The maximum absolute atomic E-state index is 10.3. The Morgan fingerprint density at radius 2 is 2.10 bits per heavy atom. The predicted molar refractivity (Wildman–Crippen MR) is 85.7 cm³/mol. The molecule has 0 aromatic heterocycles. The molecule has 1 aromatic carbocycles. The summed E-state index contributed by atoms with van der Waals surface area (Å²) in [5, 5.41) is 13.7. The van der Waals surface area contributed by atoms with E-state index in [1.165, 1.54) is 11.1 Å². The molecule has 0 saturated carbocycles. The number of nitrogens with one attached hydrogen (secondary N) is 1. The Morgan fingerprint density at radius 1 is 1.38 bits per heavy atom. The van der Waals surface area contributed by atoms with Crippen LogP contribution in [0.2, 0.25) is 0 Å². The number of fused-ring (bicyclic) bond motifs is 1. The summed E-state index contributed by atoms with van der Waals surface area (Å²) in [5.74, 6) is 1.02. The number of likely N-dealkylation sites (N-methyl/N-ethyl adjacent to an activating group) is 1. The van der Waals surface area contributed by atoms with E-state index in [1.807, 2.05) is 25.9 Å². The van der Waals surface area contributed by atoms with Gasteiger partial charge in [0.2, 0.25) is 0 Å². The van der Waals surface area contributed by atoms with Crippen molar-refractivity contribution < 1.29 is 9.84 Å². The van der Waals surface area contributed by atoms with Crippen molar-refractivity contribution in [1.82, 2.24) is 10.2 Å². The highest BCUT2D eigenvalue weighted by Gasteiger charge is 2.31. The third-order valence-electron chi connectivity index (χ3n) is 3.65. The molecule has 1 aliphatic rings. The molecule has 21 heavy (non-hydrogen) atoms. The maximum Gasteiger partial charge on any atom is 0.127 e. The average molecular weight is 292 g/mol. The van der Waals surface area contributed by atoms with Gasteiger partial charge in [-0.3, -0.25) is 0 Å². The second-order valence-electron chi connectivity index (χ2n) is 7.28. The van der Waals surface area contributed by atoms with E-state index in [0.717, 1.165) is 12.2 Å². The second-order valence-corrected chi connectivity index (χ2v) is 7.28.